The molecule has 0 saturated heterocycles. The van der Waals surface area contributed by atoms with Crippen LogP contribution in [0.4, 0.5) is 0 Å². The number of ether oxygens (including phenoxy) is 1. The second-order valence-corrected chi connectivity index (χ2v) is 3.31. The van der Waals surface area contributed by atoms with E-state index < -0.39 is 17.5 Å². The average Bonchev–Trinajstić information content (AvgIpc) is 2.11. The summed E-state index contributed by atoms with van der Waals surface area (Å²) in [5.74, 6) is -2.19. The van der Waals surface area contributed by atoms with E-state index in [1.165, 1.54) is 0 Å². The Labute approximate surface area is 86.5 Å². The molecular formula is C10H12O5. The Hall–Kier alpha value is -1.91. The van der Waals surface area contributed by atoms with Gasteiger partial charge in [0.1, 0.15) is 0 Å². The number of phenols is 2. The number of hydrogen-bond donors (Lipinski definition) is 3. The molecular weight excluding hydrogens is 200 g/mol. The van der Waals surface area contributed by atoms with E-state index in [2.05, 4.69) is 0 Å². The summed E-state index contributed by atoms with van der Waals surface area (Å²) in [6, 6.07) is 2.13. The minimum atomic E-state index is -1.20. The number of benzene rings is 1. The van der Waals surface area contributed by atoms with E-state index in [9.17, 15) is 15.0 Å². The molecule has 3 N–H and O–H groups in total. The van der Waals surface area contributed by atoms with Crippen LogP contribution in [0.2, 0.25) is 0 Å². The smallest absolute Gasteiger partial charge is 0.335 e. The fraction of sp³-hybridized carbons (Fsp3) is 0.300. The van der Waals surface area contributed by atoms with Crippen molar-refractivity contribution >= 4 is 5.97 Å². The second-order valence-electron chi connectivity index (χ2n) is 3.31. The normalized spacial score (nSPS) is 10.3. The highest BCUT2D eigenvalue weighted by Gasteiger charge is 2.14. The Morgan fingerprint density at radius 2 is 1.93 bits per heavy atom. The van der Waals surface area contributed by atoms with Gasteiger partial charge >= 0.3 is 5.97 Å². The van der Waals surface area contributed by atoms with Crippen LogP contribution in [0.5, 0.6) is 17.2 Å². The number of carboxylic acids is 1. The molecule has 0 aromatic heterocycles. The molecule has 1 rings (SSSR count). The molecule has 0 amide bonds. The zero-order chi connectivity index (χ0) is 11.6. The number of carbonyl (C=O) groups is 1. The van der Waals surface area contributed by atoms with Gasteiger partial charge in [-0.2, -0.15) is 0 Å². The van der Waals surface area contributed by atoms with Gasteiger partial charge in [0, 0.05) is 0 Å². The van der Waals surface area contributed by atoms with Gasteiger partial charge in [-0.1, -0.05) is 0 Å². The summed E-state index contributed by atoms with van der Waals surface area (Å²) in [5, 5.41) is 27.3. The van der Waals surface area contributed by atoms with Gasteiger partial charge in [-0.25, -0.2) is 4.79 Å². The summed E-state index contributed by atoms with van der Waals surface area (Å²) >= 11 is 0. The third kappa shape index (κ3) is 2.52. The summed E-state index contributed by atoms with van der Waals surface area (Å²) < 4.78 is 5.14. The van der Waals surface area contributed by atoms with E-state index in [1.807, 2.05) is 0 Å². The largest absolute Gasteiger partial charge is 0.504 e. The van der Waals surface area contributed by atoms with Crippen molar-refractivity contribution in [1.82, 2.24) is 0 Å². The van der Waals surface area contributed by atoms with Gasteiger partial charge < -0.3 is 20.1 Å². The van der Waals surface area contributed by atoms with Crippen molar-refractivity contribution in [2.75, 3.05) is 0 Å². The number of rotatable bonds is 3. The highest BCUT2D eigenvalue weighted by molar-refractivity contribution is 5.89. The second kappa shape index (κ2) is 4.08. The lowest BCUT2D eigenvalue weighted by Crippen LogP contribution is -2.07. The summed E-state index contributed by atoms with van der Waals surface area (Å²) in [5.41, 5.74) is -0.138. The first-order valence-corrected chi connectivity index (χ1v) is 4.37. The van der Waals surface area contributed by atoms with Crippen molar-refractivity contribution in [3.8, 4) is 17.2 Å². The molecule has 0 aliphatic carbocycles. The Kier molecular flexibility index (Phi) is 3.04. The molecule has 1 aromatic carbocycles. The van der Waals surface area contributed by atoms with E-state index in [-0.39, 0.29) is 17.4 Å². The molecule has 0 unspecified atom stereocenters. The van der Waals surface area contributed by atoms with Crippen LogP contribution in [0, 0.1) is 0 Å². The average molecular weight is 212 g/mol. The summed E-state index contributed by atoms with van der Waals surface area (Å²) in [7, 11) is 0. The van der Waals surface area contributed by atoms with Gasteiger partial charge in [-0.05, 0) is 26.0 Å². The standard InChI is InChI=1S/C10H12O5/c1-5(2)15-8-4-6(10(13)14)3-7(11)9(8)12/h3-5,11-12H,1-2H3,(H,13,14). The SMILES string of the molecule is CC(C)Oc1cc(C(=O)O)cc(O)c1O. The fourth-order valence-corrected chi connectivity index (χ4v) is 1.06. The molecule has 0 saturated carbocycles. The van der Waals surface area contributed by atoms with Crippen LogP contribution in [-0.2, 0) is 0 Å². The molecule has 15 heavy (non-hydrogen) atoms. The first-order valence-electron chi connectivity index (χ1n) is 4.37. The first-order chi connectivity index (χ1) is 6.91. The lowest BCUT2D eigenvalue weighted by atomic mass is 10.2. The van der Waals surface area contributed by atoms with Crippen LogP contribution in [-0.4, -0.2) is 27.4 Å². The molecule has 0 aliphatic heterocycles. The first kappa shape index (κ1) is 11.2. The maximum absolute atomic E-state index is 10.7. The Morgan fingerprint density at radius 3 is 2.40 bits per heavy atom. The van der Waals surface area contributed by atoms with Crippen molar-refractivity contribution < 1.29 is 24.9 Å². The number of aromatic hydroxyl groups is 2. The zero-order valence-corrected chi connectivity index (χ0v) is 8.39. The van der Waals surface area contributed by atoms with Crippen molar-refractivity contribution in [3.05, 3.63) is 17.7 Å². The third-order valence-electron chi connectivity index (χ3n) is 1.66. The lowest BCUT2D eigenvalue weighted by molar-refractivity contribution is 0.0695. The highest BCUT2D eigenvalue weighted by Crippen LogP contribution is 2.36. The van der Waals surface area contributed by atoms with Crippen LogP contribution >= 0.6 is 0 Å². The van der Waals surface area contributed by atoms with Crippen LogP contribution < -0.4 is 4.74 Å². The van der Waals surface area contributed by atoms with Gasteiger partial charge in [0.15, 0.2) is 11.5 Å². The fourth-order valence-electron chi connectivity index (χ4n) is 1.06. The topological polar surface area (TPSA) is 87.0 Å². The van der Waals surface area contributed by atoms with Gasteiger partial charge in [0.05, 0.1) is 11.7 Å². The van der Waals surface area contributed by atoms with E-state index >= 15 is 0 Å². The van der Waals surface area contributed by atoms with Crippen molar-refractivity contribution in [3.63, 3.8) is 0 Å². The quantitative estimate of drug-likeness (QED) is 0.662. The summed E-state index contributed by atoms with van der Waals surface area (Å²) in [6.45, 7) is 3.45. The van der Waals surface area contributed by atoms with E-state index in [0.717, 1.165) is 12.1 Å². The number of phenolic OH excluding ortho intramolecular Hbond substituents is 2. The molecule has 0 bridgehead atoms. The zero-order valence-electron chi connectivity index (χ0n) is 8.39. The van der Waals surface area contributed by atoms with Crippen LogP contribution in [0.15, 0.2) is 12.1 Å². The summed E-state index contributed by atoms with van der Waals surface area (Å²) in [4.78, 5) is 10.7. The van der Waals surface area contributed by atoms with Gasteiger partial charge in [0.2, 0.25) is 5.75 Å². The van der Waals surface area contributed by atoms with Gasteiger partial charge in [0.25, 0.3) is 0 Å². The molecule has 0 spiro atoms. The molecule has 0 atom stereocenters. The maximum Gasteiger partial charge on any atom is 0.335 e. The van der Waals surface area contributed by atoms with Crippen molar-refractivity contribution in [2.45, 2.75) is 20.0 Å². The van der Waals surface area contributed by atoms with Crippen LogP contribution in [0.1, 0.15) is 24.2 Å². The minimum absolute atomic E-state index is 0.0394. The van der Waals surface area contributed by atoms with E-state index in [1.54, 1.807) is 13.8 Å². The van der Waals surface area contributed by atoms with Crippen LogP contribution in [0.3, 0.4) is 0 Å². The predicted octanol–water partition coefficient (Wildman–Crippen LogP) is 1.58. The lowest BCUT2D eigenvalue weighted by Gasteiger charge is -2.12. The molecule has 0 fully saturated rings. The Morgan fingerprint density at radius 1 is 1.33 bits per heavy atom. The molecule has 0 heterocycles. The predicted molar refractivity (Wildman–Crippen MR) is 52.5 cm³/mol. The number of carboxylic acid groups (broad SMARTS) is 1. The molecule has 0 radical (unpaired) electrons. The Bertz CT molecular complexity index is 384. The van der Waals surface area contributed by atoms with Gasteiger partial charge in [-0.15, -0.1) is 0 Å². The Balaban J connectivity index is 3.19. The van der Waals surface area contributed by atoms with E-state index in [0.29, 0.717) is 0 Å². The minimum Gasteiger partial charge on any atom is -0.504 e. The maximum atomic E-state index is 10.7. The molecule has 0 aliphatic rings. The van der Waals surface area contributed by atoms with E-state index in [4.69, 9.17) is 9.84 Å². The van der Waals surface area contributed by atoms with Crippen molar-refractivity contribution in [2.24, 2.45) is 0 Å². The third-order valence-corrected chi connectivity index (χ3v) is 1.66. The monoisotopic (exact) mass is 212 g/mol. The molecule has 5 heteroatoms. The number of hydrogen-bond acceptors (Lipinski definition) is 4. The van der Waals surface area contributed by atoms with Crippen LogP contribution in [0.25, 0.3) is 0 Å². The highest BCUT2D eigenvalue weighted by atomic mass is 16.5. The number of aromatic carboxylic acids is 1. The van der Waals surface area contributed by atoms with Gasteiger partial charge in [-0.3, -0.25) is 0 Å². The molecule has 5 nitrogen and oxygen atoms in total. The molecule has 1 aromatic rings. The summed E-state index contributed by atoms with van der Waals surface area (Å²) in [6.07, 6.45) is -0.223. The molecule has 82 valence electrons. The van der Waals surface area contributed by atoms with Crippen molar-refractivity contribution in [1.29, 1.82) is 0 Å².